The predicted octanol–water partition coefficient (Wildman–Crippen LogP) is 3.20. The second-order valence-electron chi connectivity index (χ2n) is 5.92. The van der Waals surface area contributed by atoms with Crippen molar-refractivity contribution in [1.82, 2.24) is 14.3 Å². The number of rotatable bonds is 6. The Balaban J connectivity index is 1.41. The maximum absolute atomic E-state index is 12.7. The number of amides is 1. The van der Waals surface area contributed by atoms with Crippen molar-refractivity contribution in [3.05, 3.63) is 54.4 Å². The van der Waals surface area contributed by atoms with Crippen LogP contribution in [0.1, 0.15) is 12.5 Å². The number of hydrogen-bond donors (Lipinski definition) is 0. The monoisotopic (exact) mass is 369 g/mol. The summed E-state index contributed by atoms with van der Waals surface area (Å²) in [5, 5.41) is 0.827. The molecule has 1 aliphatic rings. The normalized spacial score (nSPS) is 12.5. The lowest BCUT2D eigenvalue weighted by atomic mass is 10.2. The first kappa shape index (κ1) is 16.8. The SMILES string of the molecule is CCN(Cc1ccc2c(c1)OCO2)C(=O)CSc1ncc2ccccn12. The molecule has 0 aliphatic carbocycles. The van der Waals surface area contributed by atoms with Gasteiger partial charge < -0.3 is 14.4 Å². The van der Waals surface area contributed by atoms with E-state index in [2.05, 4.69) is 4.98 Å². The average molecular weight is 369 g/mol. The van der Waals surface area contributed by atoms with Crippen molar-refractivity contribution >= 4 is 23.2 Å². The molecule has 6 nitrogen and oxygen atoms in total. The van der Waals surface area contributed by atoms with Crippen molar-refractivity contribution in [3.63, 3.8) is 0 Å². The van der Waals surface area contributed by atoms with Gasteiger partial charge >= 0.3 is 0 Å². The van der Waals surface area contributed by atoms with Crippen LogP contribution in [0.5, 0.6) is 11.5 Å². The summed E-state index contributed by atoms with van der Waals surface area (Å²) in [5.41, 5.74) is 2.05. The first-order valence-corrected chi connectivity index (χ1v) is 9.44. The molecule has 1 aromatic carbocycles. The topological polar surface area (TPSA) is 56.1 Å². The lowest BCUT2D eigenvalue weighted by molar-refractivity contribution is -0.128. The minimum Gasteiger partial charge on any atom is -0.454 e. The van der Waals surface area contributed by atoms with E-state index in [0.717, 1.165) is 27.7 Å². The molecule has 0 saturated carbocycles. The Morgan fingerprint density at radius 3 is 3.04 bits per heavy atom. The summed E-state index contributed by atoms with van der Waals surface area (Å²) >= 11 is 1.46. The Hall–Kier alpha value is -2.67. The van der Waals surface area contributed by atoms with Gasteiger partial charge in [-0.15, -0.1) is 0 Å². The molecule has 3 aromatic rings. The number of aromatic nitrogens is 2. The van der Waals surface area contributed by atoms with Crippen molar-refractivity contribution in [2.75, 3.05) is 19.1 Å². The van der Waals surface area contributed by atoms with E-state index in [4.69, 9.17) is 9.47 Å². The molecule has 7 heteroatoms. The van der Waals surface area contributed by atoms with E-state index in [9.17, 15) is 4.79 Å². The zero-order valence-corrected chi connectivity index (χ0v) is 15.2. The smallest absolute Gasteiger partial charge is 0.233 e. The molecule has 1 amide bonds. The summed E-state index contributed by atoms with van der Waals surface area (Å²) in [5.74, 6) is 1.93. The van der Waals surface area contributed by atoms with E-state index in [0.29, 0.717) is 18.8 Å². The number of carbonyl (C=O) groups excluding carboxylic acids is 1. The molecule has 0 saturated heterocycles. The fraction of sp³-hybridized carbons (Fsp3) is 0.263. The number of fused-ring (bicyclic) bond motifs is 2. The second-order valence-corrected chi connectivity index (χ2v) is 6.86. The summed E-state index contributed by atoms with van der Waals surface area (Å²) in [6.07, 6.45) is 3.77. The Morgan fingerprint density at radius 2 is 2.15 bits per heavy atom. The lowest BCUT2D eigenvalue weighted by Crippen LogP contribution is -2.31. The lowest BCUT2D eigenvalue weighted by Gasteiger charge is -2.21. The van der Waals surface area contributed by atoms with E-state index in [1.165, 1.54) is 11.8 Å². The van der Waals surface area contributed by atoms with Gasteiger partial charge in [-0.05, 0) is 36.8 Å². The molecule has 0 radical (unpaired) electrons. The van der Waals surface area contributed by atoms with Crippen molar-refractivity contribution in [2.24, 2.45) is 0 Å². The van der Waals surface area contributed by atoms with Gasteiger partial charge in [-0.25, -0.2) is 4.98 Å². The number of imidazole rings is 1. The summed E-state index contributed by atoms with van der Waals surface area (Å²) in [7, 11) is 0. The molecule has 0 N–H and O–H groups in total. The van der Waals surface area contributed by atoms with Gasteiger partial charge in [-0.1, -0.05) is 23.9 Å². The highest BCUT2D eigenvalue weighted by molar-refractivity contribution is 7.99. The average Bonchev–Trinajstić information content (AvgIpc) is 3.30. The number of benzene rings is 1. The van der Waals surface area contributed by atoms with Crippen LogP contribution in [0, 0.1) is 0 Å². The Kier molecular flexibility index (Phi) is 4.71. The number of nitrogens with zero attached hydrogens (tertiary/aromatic N) is 3. The molecule has 26 heavy (non-hydrogen) atoms. The van der Waals surface area contributed by atoms with Crippen molar-refractivity contribution < 1.29 is 14.3 Å². The van der Waals surface area contributed by atoms with Crippen LogP contribution in [0.4, 0.5) is 0 Å². The Labute approximate surface area is 155 Å². The van der Waals surface area contributed by atoms with E-state index in [1.807, 2.05) is 65.0 Å². The van der Waals surface area contributed by atoms with Gasteiger partial charge in [-0.3, -0.25) is 9.20 Å². The first-order chi connectivity index (χ1) is 12.7. The van der Waals surface area contributed by atoms with Crippen molar-refractivity contribution in [1.29, 1.82) is 0 Å². The zero-order chi connectivity index (χ0) is 17.9. The standard InChI is InChI=1S/C19H19N3O3S/c1-2-21(11-14-6-7-16-17(9-14)25-13-24-16)18(23)12-26-19-20-10-15-5-3-4-8-22(15)19/h3-10H,2,11-13H2,1H3. The highest BCUT2D eigenvalue weighted by atomic mass is 32.2. The van der Waals surface area contributed by atoms with Crippen LogP contribution in [0.15, 0.2) is 53.9 Å². The number of hydrogen-bond acceptors (Lipinski definition) is 5. The predicted molar refractivity (Wildman–Crippen MR) is 99.6 cm³/mol. The molecule has 0 fully saturated rings. The third-order valence-electron chi connectivity index (χ3n) is 4.27. The fourth-order valence-electron chi connectivity index (χ4n) is 2.88. The zero-order valence-electron chi connectivity index (χ0n) is 14.4. The maximum atomic E-state index is 12.7. The molecular formula is C19H19N3O3S. The van der Waals surface area contributed by atoms with E-state index < -0.39 is 0 Å². The Bertz CT molecular complexity index is 941. The summed E-state index contributed by atoms with van der Waals surface area (Å²) in [6, 6.07) is 11.7. The fourth-order valence-corrected chi connectivity index (χ4v) is 3.75. The van der Waals surface area contributed by atoms with Crippen molar-refractivity contribution in [2.45, 2.75) is 18.6 Å². The van der Waals surface area contributed by atoms with Gasteiger partial charge in [0.05, 0.1) is 17.5 Å². The molecule has 1 aliphatic heterocycles. The quantitative estimate of drug-likeness (QED) is 0.625. The van der Waals surface area contributed by atoms with E-state index in [1.54, 1.807) is 0 Å². The second kappa shape index (κ2) is 7.29. The van der Waals surface area contributed by atoms with Crippen molar-refractivity contribution in [3.8, 4) is 11.5 Å². The third kappa shape index (κ3) is 3.35. The molecule has 0 atom stereocenters. The van der Waals surface area contributed by atoms with Crippen LogP contribution in [0.25, 0.3) is 5.52 Å². The largest absolute Gasteiger partial charge is 0.454 e. The molecule has 3 heterocycles. The molecule has 134 valence electrons. The van der Waals surface area contributed by atoms with E-state index in [-0.39, 0.29) is 12.7 Å². The minimum absolute atomic E-state index is 0.0860. The van der Waals surface area contributed by atoms with Crippen LogP contribution in [0.3, 0.4) is 0 Å². The number of ether oxygens (including phenoxy) is 2. The van der Waals surface area contributed by atoms with Gasteiger partial charge in [-0.2, -0.15) is 0 Å². The highest BCUT2D eigenvalue weighted by Gasteiger charge is 2.17. The van der Waals surface area contributed by atoms with Gasteiger partial charge in [0.25, 0.3) is 0 Å². The molecule has 2 aromatic heterocycles. The molecule has 0 unspecified atom stereocenters. The maximum Gasteiger partial charge on any atom is 0.233 e. The third-order valence-corrected chi connectivity index (χ3v) is 5.23. The van der Waals surface area contributed by atoms with Gasteiger partial charge in [0.2, 0.25) is 12.7 Å². The minimum atomic E-state index is 0.0860. The Morgan fingerprint density at radius 1 is 1.27 bits per heavy atom. The van der Waals surface area contributed by atoms with Crippen LogP contribution in [-0.2, 0) is 11.3 Å². The first-order valence-electron chi connectivity index (χ1n) is 8.46. The number of pyridine rings is 1. The molecule has 0 spiro atoms. The number of thioether (sulfide) groups is 1. The van der Waals surface area contributed by atoms with Crippen LogP contribution in [0.2, 0.25) is 0 Å². The van der Waals surface area contributed by atoms with E-state index >= 15 is 0 Å². The van der Waals surface area contributed by atoms with Gasteiger partial charge in [0.1, 0.15) is 0 Å². The summed E-state index contributed by atoms with van der Waals surface area (Å²) < 4.78 is 12.7. The highest BCUT2D eigenvalue weighted by Crippen LogP contribution is 2.32. The summed E-state index contributed by atoms with van der Waals surface area (Å²) in [4.78, 5) is 18.9. The van der Waals surface area contributed by atoms with Gasteiger partial charge in [0, 0.05) is 19.3 Å². The van der Waals surface area contributed by atoms with Crippen LogP contribution < -0.4 is 9.47 Å². The summed E-state index contributed by atoms with van der Waals surface area (Å²) in [6.45, 7) is 3.44. The molecular weight excluding hydrogens is 350 g/mol. The van der Waals surface area contributed by atoms with Crippen LogP contribution >= 0.6 is 11.8 Å². The molecule has 0 bridgehead atoms. The molecule has 4 rings (SSSR count). The van der Waals surface area contributed by atoms with Gasteiger partial charge in [0.15, 0.2) is 16.7 Å². The van der Waals surface area contributed by atoms with Crippen LogP contribution in [-0.4, -0.2) is 39.3 Å². The number of carbonyl (C=O) groups is 1.